The fourth-order valence-electron chi connectivity index (χ4n) is 4.95. The third kappa shape index (κ3) is 6.02. The van der Waals surface area contributed by atoms with Crippen molar-refractivity contribution in [1.29, 1.82) is 0 Å². The van der Waals surface area contributed by atoms with Gasteiger partial charge in [0.25, 0.3) is 0 Å². The molecule has 3 aromatic rings. The molecule has 0 radical (unpaired) electrons. The molecule has 2 saturated heterocycles. The number of pyridine rings is 2. The van der Waals surface area contributed by atoms with E-state index in [0.29, 0.717) is 25.2 Å². The topological polar surface area (TPSA) is 67.8 Å². The first-order chi connectivity index (χ1) is 17.7. The number of halogens is 3. The van der Waals surface area contributed by atoms with Crippen molar-refractivity contribution in [2.24, 2.45) is 5.41 Å². The van der Waals surface area contributed by atoms with Crippen LogP contribution in [0.1, 0.15) is 29.7 Å². The molecular weight excluding hydrogens is 485 g/mol. The number of ether oxygens (including phenoxy) is 2. The van der Waals surface area contributed by atoms with Crippen LogP contribution in [0.15, 0.2) is 60.9 Å². The van der Waals surface area contributed by atoms with Crippen molar-refractivity contribution in [3.8, 4) is 17.4 Å². The molecule has 0 saturated carbocycles. The van der Waals surface area contributed by atoms with E-state index in [9.17, 15) is 18.0 Å². The molecule has 0 N–H and O–H groups in total. The molecule has 2 aliphatic heterocycles. The van der Waals surface area contributed by atoms with Crippen molar-refractivity contribution in [3.63, 3.8) is 0 Å². The van der Waals surface area contributed by atoms with Crippen LogP contribution in [-0.4, -0.2) is 52.0 Å². The molecule has 10 heteroatoms. The number of likely N-dealkylation sites (tertiary alicyclic amines) is 2. The molecule has 0 unspecified atom stereocenters. The maximum atomic E-state index is 12.9. The number of hydrogen-bond acceptors (Lipinski definition) is 6. The average molecular weight is 513 g/mol. The van der Waals surface area contributed by atoms with Crippen molar-refractivity contribution < 1.29 is 27.4 Å². The van der Waals surface area contributed by atoms with E-state index in [-0.39, 0.29) is 11.2 Å². The van der Waals surface area contributed by atoms with Gasteiger partial charge in [-0.25, -0.2) is 9.78 Å². The Morgan fingerprint density at radius 2 is 1.78 bits per heavy atom. The van der Waals surface area contributed by atoms with Gasteiger partial charge in [-0.15, -0.1) is 0 Å². The molecule has 2 fully saturated rings. The van der Waals surface area contributed by atoms with E-state index in [1.54, 1.807) is 4.90 Å². The summed E-state index contributed by atoms with van der Waals surface area (Å²) in [6.45, 7) is 5.59. The Morgan fingerprint density at radius 3 is 2.51 bits per heavy atom. The largest absolute Gasteiger partial charge is 0.439 e. The zero-order chi connectivity index (χ0) is 26.0. The highest BCUT2D eigenvalue weighted by Gasteiger charge is 2.45. The normalized spacial score (nSPS) is 17.4. The van der Waals surface area contributed by atoms with Gasteiger partial charge in [-0.05, 0) is 55.0 Å². The Morgan fingerprint density at radius 1 is 1.03 bits per heavy atom. The number of carbonyl (C=O) groups is 1. The van der Waals surface area contributed by atoms with Crippen LogP contribution >= 0.6 is 0 Å². The Hall–Kier alpha value is -3.66. The fourth-order valence-corrected chi connectivity index (χ4v) is 4.95. The van der Waals surface area contributed by atoms with E-state index < -0.39 is 17.8 Å². The van der Waals surface area contributed by atoms with Crippen LogP contribution in [0, 0.1) is 12.3 Å². The van der Waals surface area contributed by atoms with Gasteiger partial charge in [0, 0.05) is 50.7 Å². The maximum Gasteiger partial charge on any atom is 0.418 e. The molecule has 0 atom stereocenters. The van der Waals surface area contributed by atoms with Gasteiger partial charge < -0.3 is 14.4 Å². The second-order valence-electron chi connectivity index (χ2n) is 9.77. The van der Waals surface area contributed by atoms with Crippen LogP contribution in [0.4, 0.5) is 18.0 Å². The molecular formula is C27H27F3N4O3. The lowest BCUT2D eigenvalue weighted by Gasteiger charge is -2.54. The summed E-state index contributed by atoms with van der Waals surface area (Å²) < 4.78 is 49.7. The van der Waals surface area contributed by atoms with Crippen LogP contribution in [-0.2, 0) is 12.7 Å². The zero-order valence-corrected chi connectivity index (χ0v) is 20.4. The maximum absolute atomic E-state index is 12.9. The summed E-state index contributed by atoms with van der Waals surface area (Å²) in [7, 11) is 0. The summed E-state index contributed by atoms with van der Waals surface area (Å²) in [5.74, 6) is 1.10. The van der Waals surface area contributed by atoms with Gasteiger partial charge in [-0.1, -0.05) is 18.2 Å². The third-order valence-corrected chi connectivity index (χ3v) is 6.84. The van der Waals surface area contributed by atoms with Crippen molar-refractivity contribution >= 4 is 6.09 Å². The lowest BCUT2D eigenvalue weighted by atomic mass is 9.72. The minimum Gasteiger partial charge on any atom is -0.439 e. The van der Waals surface area contributed by atoms with Crippen molar-refractivity contribution in [3.05, 3.63) is 77.7 Å². The number of amides is 1. The minimum atomic E-state index is -4.55. The predicted molar refractivity (Wildman–Crippen MR) is 129 cm³/mol. The van der Waals surface area contributed by atoms with E-state index in [0.717, 1.165) is 61.7 Å². The molecule has 7 nitrogen and oxygen atoms in total. The van der Waals surface area contributed by atoms with Crippen LogP contribution in [0.25, 0.3) is 0 Å². The molecule has 4 heterocycles. The SMILES string of the molecule is Cc1cccc(Oc2cccc(CN3CC4(CCN(C(=O)Oc5cncc(C(F)(F)F)c5)CC4)C3)c2)n1. The van der Waals surface area contributed by atoms with Crippen molar-refractivity contribution in [2.75, 3.05) is 26.2 Å². The summed E-state index contributed by atoms with van der Waals surface area (Å²) >= 11 is 0. The van der Waals surface area contributed by atoms with Gasteiger partial charge >= 0.3 is 12.3 Å². The second kappa shape index (κ2) is 10.0. The summed E-state index contributed by atoms with van der Waals surface area (Å²) in [6.07, 6.45) is -1.74. The summed E-state index contributed by atoms with van der Waals surface area (Å²) in [6, 6.07) is 14.4. The molecule has 5 rings (SSSR count). The number of benzene rings is 1. The number of alkyl halides is 3. The molecule has 194 valence electrons. The summed E-state index contributed by atoms with van der Waals surface area (Å²) in [4.78, 5) is 24.3. The van der Waals surface area contributed by atoms with Gasteiger partial charge in [-0.2, -0.15) is 13.2 Å². The highest BCUT2D eigenvalue weighted by atomic mass is 19.4. The summed E-state index contributed by atoms with van der Waals surface area (Å²) in [5.41, 5.74) is 1.24. The summed E-state index contributed by atoms with van der Waals surface area (Å²) in [5, 5.41) is 0. The number of piperidine rings is 1. The minimum absolute atomic E-state index is 0.147. The van der Waals surface area contributed by atoms with Gasteiger partial charge in [0.1, 0.15) is 5.75 Å². The number of aromatic nitrogens is 2. The highest BCUT2D eigenvalue weighted by molar-refractivity contribution is 5.70. The average Bonchev–Trinajstić information content (AvgIpc) is 2.83. The predicted octanol–water partition coefficient (Wildman–Crippen LogP) is 5.69. The van der Waals surface area contributed by atoms with Gasteiger partial charge in [0.15, 0.2) is 5.75 Å². The van der Waals surface area contributed by atoms with Crippen LogP contribution in [0.3, 0.4) is 0 Å². The van der Waals surface area contributed by atoms with E-state index in [1.807, 2.05) is 43.3 Å². The molecule has 1 aromatic carbocycles. The number of hydrogen-bond donors (Lipinski definition) is 0. The van der Waals surface area contributed by atoms with E-state index in [4.69, 9.17) is 9.47 Å². The molecule has 37 heavy (non-hydrogen) atoms. The lowest BCUT2D eigenvalue weighted by Crippen LogP contribution is -2.60. The number of carbonyl (C=O) groups excluding carboxylic acids is 1. The first-order valence-corrected chi connectivity index (χ1v) is 12.1. The number of nitrogens with zero attached hydrogens (tertiary/aromatic N) is 4. The third-order valence-electron chi connectivity index (χ3n) is 6.84. The number of rotatable bonds is 5. The first kappa shape index (κ1) is 25.0. The van der Waals surface area contributed by atoms with Crippen LogP contribution in [0.5, 0.6) is 17.4 Å². The molecule has 0 bridgehead atoms. The number of aryl methyl sites for hydroxylation is 1. The lowest BCUT2D eigenvalue weighted by molar-refractivity contribution is -0.137. The Kier molecular flexibility index (Phi) is 6.76. The molecule has 1 amide bonds. The standard InChI is InChI=1S/C27H27F3N4O3/c1-19-4-2-7-24(32-19)36-22-6-3-5-20(12-22)16-33-17-26(18-33)8-10-34(11-9-26)25(35)37-23-13-21(14-31-15-23)27(28,29)30/h2-7,12-15H,8-11,16-18H2,1H3. The van der Waals surface area contributed by atoms with E-state index in [1.165, 1.54) is 0 Å². The molecule has 2 aliphatic rings. The van der Waals surface area contributed by atoms with Gasteiger partial charge in [0.05, 0.1) is 11.8 Å². The molecule has 2 aromatic heterocycles. The van der Waals surface area contributed by atoms with Gasteiger partial charge in [-0.3, -0.25) is 9.88 Å². The Balaban J connectivity index is 1.10. The van der Waals surface area contributed by atoms with Gasteiger partial charge in [0.2, 0.25) is 5.88 Å². The second-order valence-corrected chi connectivity index (χ2v) is 9.77. The van der Waals surface area contributed by atoms with Crippen LogP contribution in [0.2, 0.25) is 0 Å². The quantitative estimate of drug-likeness (QED) is 0.437. The molecule has 1 spiro atoms. The van der Waals surface area contributed by atoms with Crippen LogP contribution < -0.4 is 9.47 Å². The van der Waals surface area contributed by atoms with Crippen molar-refractivity contribution in [1.82, 2.24) is 19.8 Å². The van der Waals surface area contributed by atoms with Crippen molar-refractivity contribution in [2.45, 2.75) is 32.5 Å². The molecule has 0 aliphatic carbocycles. The first-order valence-electron chi connectivity index (χ1n) is 12.1. The Bertz CT molecular complexity index is 1270. The highest BCUT2D eigenvalue weighted by Crippen LogP contribution is 2.41. The van der Waals surface area contributed by atoms with E-state index in [2.05, 4.69) is 20.9 Å². The smallest absolute Gasteiger partial charge is 0.418 e. The van der Waals surface area contributed by atoms with E-state index >= 15 is 0 Å². The zero-order valence-electron chi connectivity index (χ0n) is 20.4. The Labute approximate surface area is 212 Å². The monoisotopic (exact) mass is 512 g/mol. The fraction of sp³-hybridized carbons (Fsp3) is 0.370.